The lowest BCUT2D eigenvalue weighted by molar-refractivity contribution is 0.224. The molecule has 0 amide bonds. The highest BCUT2D eigenvalue weighted by Crippen LogP contribution is 2.31. The second kappa shape index (κ2) is 5.10. The number of halogens is 1. The zero-order valence-corrected chi connectivity index (χ0v) is 11.0. The van der Waals surface area contributed by atoms with Crippen molar-refractivity contribution in [3.05, 3.63) is 56.2 Å². The first kappa shape index (κ1) is 11.8. The first-order valence-corrected chi connectivity index (χ1v) is 6.54. The van der Waals surface area contributed by atoms with Crippen molar-refractivity contribution in [2.75, 3.05) is 0 Å². The van der Waals surface area contributed by atoms with Gasteiger partial charge in [-0.25, -0.2) is 0 Å². The summed E-state index contributed by atoms with van der Waals surface area (Å²) in [4.78, 5) is 0.937. The van der Waals surface area contributed by atoms with Crippen molar-refractivity contribution in [1.82, 2.24) is 0 Å². The zero-order chi connectivity index (χ0) is 11.5. The summed E-state index contributed by atoms with van der Waals surface area (Å²) in [5, 5.41) is 10.1. The molecule has 3 N–H and O–H groups in total. The molecule has 1 heterocycles. The van der Waals surface area contributed by atoms with Crippen molar-refractivity contribution in [3.8, 4) is 0 Å². The number of rotatable bonds is 3. The average Bonchev–Trinajstić information content (AvgIpc) is 2.75. The maximum atomic E-state index is 10.1. The number of hydrogen-bond donors (Lipinski definition) is 2. The maximum absolute atomic E-state index is 10.1. The predicted octanol–water partition coefficient (Wildman–Crippen LogP) is 3.05. The van der Waals surface area contributed by atoms with Crippen LogP contribution in [-0.2, 0) is 6.54 Å². The normalized spacial score (nSPS) is 12.7. The summed E-state index contributed by atoms with van der Waals surface area (Å²) in [6.07, 6.45) is -0.553. The van der Waals surface area contributed by atoms with Crippen molar-refractivity contribution in [3.63, 3.8) is 0 Å². The van der Waals surface area contributed by atoms with Crippen LogP contribution in [-0.4, -0.2) is 5.11 Å². The van der Waals surface area contributed by atoms with Crippen LogP contribution in [0.5, 0.6) is 0 Å². The van der Waals surface area contributed by atoms with Crippen molar-refractivity contribution in [2.45, 2.75) is 12.6 Å². The van der Waals surface area contributed by atoms with E-state index < -0.39 is 6.10 Å². The fourth-order valence-electron chi connectivity index (χ4n) is 1.48. The number of aliphatic hydroxyl groups is 1. The smallest absolute Gasteiger partial charge is 0.113 e. The van der Waals surface area contributed by atoms with Crippen molar-refractivity contribution < 1.29 is 5.11 Å². The Morgan fingerprint density at radius 1 is 1.19 bits per heavy atom. The zero-order valence-electron chi connectivity index (χ0n) is 8.56. The van der Waals surface area contributed by atoms with E-state index in [0.717, 1.165) is 19.8 Å². The van der Waals surface area contributed by atoms with Gasteiger partial charge in [0.05, 0.1) is 3.79 Å². The van der Waals surface area contributed by atoms with E-state index >= 15 is 0 Å². The van der Waals surface area contributed by atoms with E-state index in [-0.39, 0.29) is 0 Å². The van der Waals surface area contributed by atoms with Crippen LogP contribution in [0.25, 0.3) is 0 Å². The molecule has 84 valence electrons. The van der Waals surface area contributed by atoms with Crippen LogP contribution in [0.15, 0.2) is 40.2 Å². The lowest BCUT2D eigenvalue weighted by atomic mass is 10.1. The van der Waals surface area contributed by atoms with E-state index in [1.54, 1.807) is 11.3 Å². The topological polar surface area (TPSA) is 46.2 Å². The Morgan fingerprint density at radius 2 is 1.88 bits per heavy atom. The monoisotopic (exact) mass is 297 g/mol. The second-order valence-electron chi connectivity index (χ2n) is 3.49. The molecular weight excluding hydrogens is 286 g/mol. The summed E-state index contributed by atoms with van der Waals surface area (Å²) in [5.74, 6) is 0. The Balaban J connectivity index is 2.23. The molecule has 1 unspecified atom stereocenters. The minimum absolute atomic E-state index is 0.529. The first-order chi connectivity index (χ1) is 7.70. The standard InChI is InChI=1S/C12H12BrNOS/c13-11-6-5-10(16-11)12(15)9-3-1-8(7-14)2-4-9/h1-6,12,15H,7,14H2. The van der Waals surface area contributed by atoms with Crippen LogP contribution in [0.4, 0.5) is 0 Å². The second-order valence-corrected chi connectivity index (χ2v) is 5.98. The van der Waals surface area contributed by atoms with Gasteiger partial charge < -0.3 is 10.8 Å². The molecule has 1 atom stereocenters. The van der Waals surface area contributed by atoms with E-state index in [2.05, 4.69) is 15.9 Å². The van der Waals surface area contributed by atoms with Crippen LogP contribution in [0.1, 0.15) is 22.1 Å². The fourth-order valence-corrected chi connectivity index (χ4v) is 2.91. The van der Waals surface area contributed by atoms with Gasteiger partial charge in [0.2, 0.25) is 0 Å². The van der Waals surface area contributed by atoms with Crippen LogP contribution in [0, 0.1) is 0 Å². The lowest BCUT2D eigenvalue weighted by Gasteiger charge is -2.09. The quantitative estimate of drug-likeness (QED) is 0.915. The van der Waals surface area contributed by atoms with Gasteiger partial charge in [-0.05, 0) is 39.2 Å². The van der Waals surface area contributed by atoms with Gasteiger partial charge in [-0.1, -0.05) is 24.3 Å². The number of aliphatic hydroxyl groups excluding tert-OH is 1. The van der Waals surface area contributed by atoms with E-state index in [1.807, 2.05) is 36.4 Å². The summed E-state index contributed by atoms with van der Waals surface area (Å²) in [7, 11) is 0. The molecule has 2 nitrogen and oxygen atoms in total. The van der Waals surface area contributed by atoms with E-state index in [1.165, 1.54) is 0 Å². The molecule has 0 aliphatic rings. The molecule has 4 heteroatoms. The average molecular weight is 298 g/mol. The minimum Gasteiger partial charge on any atom is -0.383 e. The van der Waals surface area contributed by atoms with Gasteiger partial charge in [-0.15, -0.1) is 11.3 Å². The Labute approximate surface area is 107 Å². The third-order valence-electron chi connectivity index (χ3n) is 2.39. The number of benzene rings is 1. The Hall–Kier alpha value is -0.680. The van der Waals surface area contributed by atoms with Gasteiger partial charge in [0.25, 0.3) is 0 Å². The molecule has 0 fully saturated rings. The van der Waals surface area contributed by atoms with Gasteiger partial charge in [0, 0.05) is 11.4 Å². The number of nitrogens with two attached hydrogens (primary N) is 1. The molecule has 0 saturated carbocycles. The third kappa shape index (κ3) is 2.52. The lowest BCUT2D eigenvalue weighted by Crippen LogP contribution is -1.99. The number of hydrogen-bond acceptors (Lipinski definition) is 3. The minimum atomic E-state index is -0.553. The summed E-state index contributed by atoms with van der Waals surface area (Å²) < 4.78 is 1.03. The van der Waals surface area contributed by atoms with Crippen molar-refractivity contribution in [2.24, 2.45) is 5.73 Å². The highest BCUT2D eigenvalue weighted by atomic mass is 79.9. The molecule has 1 aromatic carbocycles. The number of thiophene rings is 1. The molecule has 0 spiro atoms. The summed E-state index contributed by atoms with van der Waals surface area (Å²) in [6.45, 7) is 0.529. The van der Waals surface area contributed by atoms with Crippen molar-refractivity contribution in [1.29, 1.82) is 0 Å². The Kier molecular flexibility index (Phi) is 3.76. The molecule has 0 radical (unpaired) electrons. The molecule has 1 aromatic heterocycles. The van der Waals surface area contributed by atoms with Crippen molar-refractivity contribution >= 4 is 27.3 Å². The molecule has 0 saturated heterocycles. The largest absolute Gasteiger partial charge is 0.383 e. The molecule has 16 heavy (non-hydrogen) atoms. The van der Waals surface area contributed by atoms with E-state index in [4.69, 9.17) is 5.73 Å². The summed E-state index contributed by atoms with van der Waals surface area (Å²) in [6, 6.07) is 11.6. The maximum Gasteiger partial charge on any atom is 0.113 e. The molecule has 0 bridgehead atoms. The molecule has 2 aromatic rings. The third-order valence-corrected chi connectivity index (χ3v) is 4.07. The van der Waals surface area contributed by atoms with Crippen LogP contribution in [0.3, 0.4) is 0 Å². The van der Waals surface area contributed by atoms with Crippen LogP contribution >= 0.6 is 27.3 Å². The Morgan fingerprint density at radius 3 is 2.38 bits per heavy atom. The van der Waals surface area contributed by atoms with Gasteiger partial charge in [-0.2, -0.15) is 0 Å². The molecule has 0 aliphatic heterocycles. The summed E-state index contributed by atoms with van der Waals surface area (Å²) in [5.41, 5.74) is 7.49. The molecule has 2 rings (SSSR count). The van der Waals surface area contributed by atoms with Gasteiger partial charge in [0.15, 0.2) is 0 Å². The van der Waals surface area contributed by atoms with E-state index in [0.29, 0.717) is 6.54 Å². The van der Waals surface area contributed by atoms with E-state index in [9.17, 15) is 5.11 Å². The molecular formula is C12H12BrNOS. The first-order valence-electron chi connectivity index (χ1n) is 4.93. The molecule has 0 aliphatic carbocycles. The van der Waals surface area contributed by atoms with Crippen LogP contribution < -0.4 is 5.73 Å². The summed E-state index contributed by atoms with van der Waals surface area (Å²) >= 11 is 4.93. The predicted molar refractivity (Wildman–Crippen MR) is 70.4 cm³/mol. The fraction of sp³-hybridized carbons (Fsp3) is 0.167. The van der Waals surface area contributed by atoms with Gasteiger partial charge in [0.1, 0.15) is 6.10 Å². The van der Waals surface area contributed by atoms with Gasteiger partial charge >= 0.3 is 0 Å². The van der Waals surface area contributed by atoms with Gasteiger partial charge in [-0.3, -0.25) is 0 Å². The highest BCUT2D eigenvalue weighted by Gasteiger charge is 2.12. The SMILES string of the molecule is NCc1ccc(C(O)c2ccc(Br)s2)cc1. The Bertz CT molecular complexity index is 466. The van der Waals surface area contributed by atoms with Crippen LogP contribution in [0.2, 0.25) is 0 Å². The highest BCUT2D eigenvalue weighted by molar-refractivity contribution is 9.11.